The van der Waals surface area contributed by atoms with Crippen molar-refractivity contribution in [2.45, 2.75) is 25.9 Å². The Bertz CT molecular complexity index is 453. The normalized spacial score (nSPS) is 20.4. The highest BCUT2D eigenvalue weighted by Gasteiger charge is 2.41. The van der Waals surface area contributed by atoms with Gasteiger partial charge in [0, 0.05) is 24.3 Å². The van der Waals surface area contributed by atoms with E-state index in [1.54, 1.807) is 29.2 Å². The summed E-state index contributed by atoms with van der Waals surface area (Å²) in [5.41, 5.74) is 1.33. The topological polar surface area (TPSA) is 20.3 Å². The molecule has 1 atom stereocenters. The number of benzene rings is 1. The van der Waals surface area contributed by atoms with Gasteiger partial charge in [-0.05, 0) is 44.0 Å². The van der Waals surface area contributed by atoms with Crippen LogP contribution in [-0.2, 0) is 0 Å². The molecular formula is C14H16F3NO. The highest BCUT2D eigenvalue weighted by molar-refractivity contribution is 5.94. The summed E-state index contributed by atoms with van der Waals surface area (Å²) in [7, 11) is 0. The Hall–Kier alpha value is -1.52. The van der Waals surface area contributed by atoms with E-state index < -0.39 is 12.1 Å². The van der Waals surface area contributed by atoms with Crippen LogP contribution < -0.4 is 4.90 Å². The average molecular weight is 271 g/mol. The van der Waals surface area contributed by atoms with Crippen molar-refractivity contribution in [3.63, 3.8) is 0 Å². The molecule has 0 bridgehead atoms. The molecule has 1 aliphatic heterocycles. The van der Waals surface area contributed by atoms with Crippen molar-refractivity contribution < 1.29 is 18.0 Å². The Labute approximate surface area is 110 Å². The number of hydrogen-bond donors (Lipinski definition) is 0. The van der Waals surface area contributed by atoms with Crippen molar-refractivity contribution in [2.75, 3.05) is 18.0 Å². The molecule has 0 N–H and O–H groups in total. The summed E-state index contributed by atoms with van der Waals surface area (Å²) in [6.45, 7) is 2.10. The average Bonchev–Trinajstić information content (AvgIpc) is 2.38. The molecule has 1 aromatic carbocycles. The summed E-state index contributed by atoms with van der Waals surface area (Å²) in [4.78, 5) is 12.9. The summed E-state index contributed by atoms with van der Waals surface area (Å²) in [6.07, 6.45) is -3.39. The molecule has 1 heterocycles. The van der Waals surface area contributed by atoms with Crippen LogP contribution in [0.25, 0.3) is 0 Å². The molecule has 19 heavy (non-hydrogen) atoms. The summed E-state index contributed by atoms with van der Waals surface area (Å²) in [6, 6.07) is 6.76. The van der Waals surface area contributed by atoms with Gasteiger partial charge in [-0.15, -0.1) is 0 Å². The fraction of sp³-hybridized carbons (Fsp3) is 0.500. The molecule has 0 amide bonds. The molecule has 1 fully saturated rings. The maximum absolute atomic E-state index is 12.7. The van der Waals surface area contributed by atoms with Crippen molar-refractivity contribution >= 4 is 11.5 Å². The molecule has 0 radical (unpaired) electrons. The van der Waals surface area contributed by atoms with Crippen LogP contribution in [-0.4, -0.2) is 25.0 Å². The van der Waals surface area contributed by atoms with E-state index in [9.17, 15) is 18.0 Å². The maximum atomic E-state index is 12.7. The summed E-state index contributed by atoms with van der Waals surface area (Å²) in [5, 5.41) is 0. The lowest BCUT2D eigenvalue weighted by Gasteiger charge is -2.35. The molecule has 0 spiro atoms. The first kappa shape index (κ1) is 13.9. The Kier molecular flexibility index (Phi) is 3.83. The number of rotatable bonds is 2. The van der Waals surface area contributed by atoms with Gasteiger partial charge < -0.3 is 4.90 Å². The minimum absolute atomic E-state index is 0.00289. The minimum Gasteiger partial charge on any atom is -0.371 e. The van der Waals surface area contributed by atoms with E-state index in [0.717, 1.165) is 5.69 Å². The molecule has 2 nitrogen and oxygen atoms in total. The second-order valence-electron chi connectivity index (χ2n) is 4.93. The van der Waals surface area contributed by atoms with Crippen LogP contribution >= 0.6 is 0 Å². The highest BCUT2D eigenvalue weighted by Crippen LogP contribution is 2.34. The fourth-order valence-electron chi connectivity index (χ4n) is 2.39. The standard InChI is InChI=1S/C14H16F3NO/c1-10(19)11-4-6-13(7-5-11)18-8-2-3-12(9-18)14(15,16)17/h4-7,12H,2-3,8-9H2,1H3. The van der Waals surface area contributed by atoms with Gasteiger partial charge >= 0.3 is 6.18 Å². The van der Waals surface area contributed by atoms with Crippen molar-refractivity contribution in [1.82, 2.24) is 0 Å². The number of nitrogens with zero attached hydrogens (tertiary/aromatic N) is 1. The van der Waals surface area contributed by atoms with Gasteiger partial charge in [0.1, 0.15) is 0 Å². The number of hydrogen-bond acceptors (Lipinski definition) is 2. The van der Waals surface area contributed by atoms with Crippen LogP contribution in [0.4, 0.5) is 18.9 Å². The predicted molar refractivity (Wildman–Crippen MR) is 67.4 cm³/mol. The number of alkyl halides is 3. The Balaban J connectivity index is 2.11. The second kappa shape index (κ2) is 5.23. The molecule has 0 aliphatic carbocycles. The number of carbonyl (C=O) groups is 1. The lowest BCUT2D eigenvalue weighted by Crippen LogP contribution is -2.41. The van der Waals surface area contributed by atoms with Gasteiger partial charge in [0.15, 0.2) is 5.78 Å². The van der Waals surface area contributed by atoms with Crippen LogP contribution in [0.5, 0.6) is 0 Å². The summed E-state index contributed by atoms with van der Waals surface area (Å²) < 4.78 is 38.2. The number of ketones is 1. The van der Waals surface area contributed by atoms with Crippen molar-refractivity contribution in [3.8, 4) is 0 Å². The van der Waals surface area contributed by atoms with Gasteiger partial charge in [-0.25, -0.2) is 0 Å². The molecule has 0 aromatic heterocycles. The number of piperidine rings is 1. The fourth-order valence-corrected chi connectivity index (χ4v) is 2.39. The van der Waals surface area contributed by atoms with E-state index in [1.807, 2.05) is 0 Å². The van der Waals surface area contributed by atoms with Crippen molar-refractivity contribution in [3.05, 3.63) is 29.8 Å². The number of carbonyl (C=O) groups excluding carboxylic acids is 1. The number of halogens is 3. The van der Waals surface area contributed by atoms with E-state index in [4.69, 9.17) is 0 Å². The van der Waals surface area contributed by atoms with Crippen LogP contribution in [0.15, 0.2) is 24.3 Å². The Morgan fingerprint density at radius 3 is 2.42 bits per heavy atom. The molecular weight excluding hydrogens is 255 g/mol. The van der Waals surface area contributed by atoms with Gasteiger partial charge in [-0.3, -0.25) is 4.79 Å². The molecule has 5 heteroatoms. The van der Waals surface area contributed by atoms with Crippen LogP contribution in [0.1, 0.15) is 30.1 Å². The maximum Gasteiger partial charge on any atom is 0.393 e. The zero-order valence-corrected chi connectivity index (χ0v) is 10.7. The monoisotopic (exact) mass is 271 g/mol. The molecule has 0 saturated carbocycles. The minimum atomic E-state index is -4.13. The molecule has 1 aliphatic rings. The van der Waals surface area contributed by atoms with E-state index in [-0.39, 0.29) is 18.7 Å². The Morgan fingerprint density at radius 2 is 1.89 bits per heavy atom. The molecule has 104 valence electrons. The smallest absolute Gasteiger partial charge is 0.371 e. The van der Waals surface area contributed by atoms with Crippen LogP contribution in [0.2, 0.25) is 0 Å². The number of anilines is 1. The highest BCUT2D eigenvalue weighted by atomic mass is 19.4. The quantitative estimate of drug-likeness (QED) is 0.765. The summed E-state index contributed by atoms with van der Waals surface area (Å²) >= 11 is 0. The first-order chi connectivity index (χ1) is 8.88. The molecule has 1 unspecified atom stereocenters. The first-order valence-corrected chi connectivity index (χ1v) is 6.30. The summed E-state index contributed by atoms with van der Waals surface area (Å²) in [5.74, 6) is -1.30. The molecule has 1 saturated heterocycles. The van der Waals surface area contributed by atoms with E-state index in [1.165, 1.54) is 6.92 Å². The third kappa shape index (κ3) is 3.28. The largest absolute Gasteiger partial charge is 0.393 e. The number of Topliss-reactive ketones (excluding diaryl/α,β-unsaturated/α-hetero) is 1. The zero-order chi connectivity index (χ0) is 14.0. The Morgan fingerprint density at radius 1 is 1.26 bits per heavy atom. The van der Waals surface area contributed by atoms with Crippen molar-refractivity contribution in [1.29, 1.82) is 0 Å². The lowest BCUT2D eigenvalue weighted by atomic mass is 9.97. The van der Waals surface area contributed by atoms with Crippen LogP contribution in [0.3, 0.4) is 0 Å². The van der Waals surface area contributed by atoms with Crippen LogP contribution in [0, 0.1) is 5.92 Å². The first-order valence-electron chi connectivity index (χ1n) is 6.30. The lowest BCUT2D eigenvalue weighted by molar-refractivity contribution is -0.175. The SMILES string of the molecule is CC(=O)c1ccc(N2CCCC(C(F)(F)F)C2)cc1. The third-order valence-corrected chi connectivity index (χ3v) is 3.52. The third-order valence-electron chi connectivity index (χ3n) is 3.52. The predicted octanol–water partition coefficient (Wildman–Crippen LogP) is 3.67. The van der Waals surface area contributed by atoms with E-state index in [2.05, 4.69) is 0 Å². The van der Waals surface area contributed by atoms with Gasteiger partial charge in [0.05, 0.1) is 5.92 Å². The molecule has 1 aromatic rings. The van der Waals surface area contributed by atoms with Crippen molar-refractivity contribution in [2.24, 2.45) is 5.92 Å². The van der Waals surface area contributed by atoms with Gasteiger partial charge in [0.2, 0.25) is 0 Å². The van der Waals surface area contributed by atoms with Gasteiger partial charge in [-0.2, -0.15) is 13.2 Å². The van der Waals surface area contributed by atoms with E-state index in [0.29, 0.717) is 18.5 Å². The van der Waals surface area contributed by atoms with Gasteiger partial charge in [-0.1, -0.05) is 0 Å². The van der Waals surface area contributed by atoms with E-state index >= 15 is 0 Å². The zero-order valence-electron chi connectivity index (χ0n) is 10.7. The molecule has 2 rings (SSSR count). The second-order valence-corrected chi connectivity index (χ2v) is 4.93. The van der Waals surface area contributed by atoms with Gasteiger partial charge in [0.25, 0.3) is 0 Å².